The van der Waals surface area contributed by atoms with Crippen molar-refractivity contribution in [2.24, 2.45) is 0 Å². The number of amides is 2. The first-order valence-electron chi connectivity index (χ1n) is 6.64. The first kappa shape index (κ1) is 16.2. The Morgan fingerprint density at radius 3 is 2.71 bits per heavy atom. The number of rotatable bonds is 4. The molecule has 0 unspecified atom stereocenters. The molecule has 1 aromatic rings. The number of piperidine rings is 1. The van der Waals surface area contributed by atoms with Crippen LogP contribution < -0.4 is 5.32 Å². The molecule has 1 aliphatic rings. The van der Waals surface area contributed by atoms with E-state index < -0.39 is 6.09 Å². The minimum Gasteiger partial charge on any atom is -0.448 e. The molecule has 1 aromatic heterocycles. The van der Waals surface area contributed by atoms with Gasteiger partial charge in [-0.1, -0.05) is 0 Å². The molecule has 1 saturated heterocycles. The summed E-state index contributed by atoms with van der Waals surface area (Å²) >= 11 is 8.61. The zero-order valence-electron chi connectivity index (χ0n) is 11.3. The van der Waals surface area contributed by atoms with Gasteiger partial charge in [-0.05, 0) is 40.9 Å². The summed E-state index contributed by atoms with van der Waals surface area (Å²) in [7, 11) is 0. The van der Waals surface area contributed by atoms with Crippen LogP contribution >= 0.6 is 27.5 Å². The fraction of sp³-hybridized carbons (Fsp3) is 0.538. The van der Waals surface area contributed by atoms with Crippen LogP contribution in [0.4, 0.5) is 4.79 Å². The Balaban J connectivity index is 1.78. The molecule has 0 radical (unpaired) electrons. The second kappa shape index (κ2) is 7.70. The topological polar surface area (TPSA) is 71.8 Å². The molecule has 21 heavy (non-hydrogen) atoms. The standard InChI is InChI=1S/C13H16BrClN2O4/c14-11-2-1-10(21-11)12(18)17-6-3-9(4-7-17)16-13(19)20-8-5-15/h1-2,9H,3-8H2,(H,16,19). The monoisotopic (exact) mass is 378 g/mol. The Morgan fingerprint density at radius 2 is 2.14 bits per heavy atom. The summed E-state index contributed by atoms with van der Waals surface area (Å²) in [6.45, 7) is 1.33. The maximum absolute atomic E-state index is 12.2. The molecule has 0 aromatic carbocycles. The molecule has 0 saturated carbocycles. The summed E-state index contributed by atoms with van der Waals surface area (Å²) in [5.41, 5.74) is 0. The van der Waals surface area contributed by atoms with Crippen LogP contribution in [-0.4, -0.2) is 48.5 Å². The van der Waals surface area contributed by atoms with E-state index >= 15 is 0 Å². The molecule has 0 atom stereocenters. The van der Waals surface area contributed by atoms with E-state index in [1.807, 2.05) is 0 Å². The van der Waals surface area contributed by atoms with Crippen molar-refractivity contribution in [3.05, 3.63) is 22.6 Å². The Morgan fingerprint density at radius 1 is 1.43 bits per heavy atom. The predicted molar refractivity (Wildman–Crippen MR) is 80.5 cm³/mol. The number of hydrogen-bond acceptors (Lipinski definition) is 4. The van der Waals surface area contributed by atoms with Gasteiger partial charge in [0.1, 0.15) is 6.61 Å². The van der Waals surface area contributed by atoms with Gasteiger partial charge in [-0.25, -0.2) is 4.79 Å². The van der Waals surface area contributed by atoms with Crippen molar-refractivity contribution in [2.45, 2.75) is 18.9 Å². The molecule has 2 amide bonds. The number of hydrogen-bond donors (Lipinski definition) is 1. The predicted octanol–water partition coefficient (Wildman–Crippen LogP) is 2.61. The summed E-state index contributed by atoms with van der Waals surface area (Å²) in [5, 5.41) is 2.77. The Hall–Kier alpha value is -1.21. The van der Waals surface area contributed by atoms with Crippen molar-refractivity contribution in [1.29, 1.82) is 0 Å². The summed E-state index contributed by atoms with van der Waals surface area (Å²) in [6.07, 6.45) is 0.906. The minimum absolute atomic E-state index is 0.0141. The lowest BCUT2D eigenvalue weighted by Crippen LogP contribution is -2.46. The zero-order valence-corrected chi connectivity index (χ0v) is 13.7. The second-order valence-electron chi connectivity index (χ2n) is 4.64. The normalized spacial score (nSPS) is 15.8. The van der Waals surface area contributed by atoms with Crippen LogP contribution in [0.3, 0.4) is 0 Å². The maximum atomic E-state index is 12.2. The van der Waals surface area contributed by atoms with Crippen LogP contribution in [0.15, 0.2) is 21.2 Å². The van der Waals surface area contributed by atoms with Crippen molar-refractivity contribution in [1.82, 2.24) is 10.2 Å². The van der Waals surface area contributed by atoms with Gasteiger partial charge in [0.05, 0.1) is 5.88 Å². The molecular formula is C13H16BrClN2O4. The number of carbonyl (C=O) groups is 2. The van der Waals surface area contributed by atoms with Crippen molar-refractivity contribution >= 4 is 39.5 Å². The first-order valence-corrected chi connectivity index (χ1v) is 7.96. The summed E-state index contributed by atoms with van der Waals surface area (Å²) in [5.74, 6) is 0.456. The third-order valence-electron chi connectivity index (χ3n) is 3.20. The van der Waals surface area contributed by atoms with Crippen LogP contribution in [0.25, 0.3) is 0 Å². The lowest BCUT2D eigenvalue weighted by atomic mass is 10.1. The molecule has 2 rings (SSSR count). The zero-order chi connectivity index (χ0) is 15.2. The average Bonchev–Trinajstić information content (AvgIpc) is 2.92. The van der Waals surface area contributed by atoms with Crippen LogP contribution in [0.5, 0.6) is 0 Å². The number of alkyl halides is 1. The molecule has 116 valence electrons. The van der Waals surface area contributed by atoms with Crippen molar-refractivity contribution in [3.63, 3.8) is 0 Å². The van der Waals surface area contributed by atoms with E-state index in [-0.39, 0.29) is 24.4 Å². The molecular weight excluding hydrogens is 364 g/mol. The van der Waals surface area contributed by atoms with Gasteiger partial charge in [0.15, 0.2) is 10.4 Å². The second-order valence-corrected chi connectivity index (χ2v) is 5.80. The number of nitrogens with one attached hydrogen (secondary N) is 1. The molecule has 1 aliphatic heterocycles. The molecule has 2 heterocycles. The highest BCUT2D eigenvalue weighted by Gasteiger charge is 2.26. The van der Waals surface area contributed by atoms with Gasteiger partial charge in [0.2, 0.25) is 0 Å². The van der Waals surface area contributed by atoms with Crippen LogP contribution in [0.2, 0.25) is 0 Å². The van der Waals surface area contributed by atoms with E-state index in [1.54, 1.807) is 17.0 Å². The van der Waals surface area contributed by atoms with Gasteiger partial charge < -0.3 is 19.4 Å². The molecule has 8 heteroatoms. The van der Waals surface area contributed by atoms with Crippen LogP contribution in [-0.2, 0) is 4.74 Å². The molecule has 1 fully saturated rings. The van der Waals surface area contributed by atoms with Crippen molar-refractivity contribution < 1.29 is 18.7 Å². The number of ether oxygens (including phenoxy) is 1. The average molecular weight is 380 g/mol. The van der Waals surface area contributed by atoms with Crippen molar-refractivity contribution in [2.75, 3.05) is 25.6 Å². The molecule has 0 aliphatic carbocycles. The van der Waals surface area contributed by atoms with Gasteiger partial charge in [0.25, 0.3) is 5.91 Å². The van der Waals surface area contributed by atoms with E-state index in [0.717, 1.165) is 0 Å². The highest BCUT2D eigenvalue weighted by molar-refractivity contribution is 9.10. The summed E-state index contributed by atoms with van der Waals surface area (Å²) in [6, 6.07) is 3.34. The van der Waals surface area contributed by atoms with E-state index in [9.17, 15) is 9.59 Å². The van der Waals surface area contributed by atoms with Gasteiger partial charge in [-0.2, -0.15) is 0 Å². The minimum atomic E-state index is -0.463. The first-order chi connectivity index (χ1) is 10.1. The highest BCUT2D eigenvalue weighted by atomic mass is 79.9. The van der Waals surface area contributed by atoms with Gasteiger partial charge in [-0.15, -0.1) is 11.6 Å². The van der Waals surface area contributed by atoms with Gasteiger partial charge in [0, 0.05) is 19.1 Å². The van der Waals surface area contributed by atoms with E-state index in [1.165, 1.54) is 0 Å². The number of likely N-dealkylation sites (tertiary alicyclic amines) is 1. The number of halogens is 2. The molecule has 0 bridgehead atoms. The Bertz CT molecular complexity index is 500. The van der Waals surface area contributed by atoms with Crippen molar-refractivity contribution in [3.8, 4) is 0 Å². The molecule has 0 spiro atoms. The lowest BCUT2D eigenvalue weighted by Gasteiger charge is -2.31. The van der Waals surface area contributed by atoms with E-state index in [0.29, 0.717) is 36.4 Å². The molecule has 6 nitrogen and oxygen atoms in total. The maximum Gasteiger partial charge on any atom is 0.407 e. The fourth-order valence-corrected chi connectivity index (χ4v) is 2.54. The Kier molecular flexibility index (Phi) is 5.93. The number of nitrogens with zero attached hydrogens (tertiary/aromatic N) is 1. The van der Waals surface area contributed by atoms with E-state index in [4.69, 9.17) is 20.8 Å². The number of furan rings is 1. The third-order valence-corrected chi connectivity index (χ3v) is 3.78. The number of alkyl carbamates (subject to hydrolysis) is 1. The SMILES string of the molecule is O=C(NC1CCN(C(=O)c2ccc(Br)o2)CC1)OCCCl. The van der Waals surface area contributed by atoms with Gasteiger partial charge >= 0.3 is 6.09 Å². The summed E-state index contributed by atoms with van der Waals surface area (Å²) < 4.78 is 10.6. The van der Waals surface area contributed by atoms with Crippen LogP contribution in [0, 0.1) is 0 Å². The van der Waals surface area contributed by atoms with Gasteiger partial charge in [-0.3, -0.25) is 4.79 Å². The smallest absolute Gasteiger partial charge is 0.407 e. The highest BCUT2D eigenvalue weighted by Crippen LogP contribution is 2.18. The third kappa shape index (κ3) is 4.64. The van der Waals surface area contributed by atoms with E-state index in [2.05, 4.69) is 21.2 Å². The fourth-order valence-electron chi connectivity index (χ4n) is 2.15. The summed E-state index contributed by atoms with van der Waals surface area (Å²) in [4.78, 5) is 25.3. The Labute approximate surface area is 135 Å². The lowest BCUT2D eigenvalue weighted by molar-refractivity contribution is 0.0669. The number of carbonyl (C=O) groups excluding carboxylic acids is 2. The van der Waals surface area contributed by atoms with Crippen LogP contribution in [0.1, 0.15) is 23.4 Å². The molecule has 1 N–H and O–H groups in total. The largest absolute Gasteiger partial charge is 0.448 e. The quantitative estimate of drug-likeness (QED) is 0.816.